The third kappa shape index (κ3) is 2.32. The number of rotatable bonds is 3. The van der Waals surface area contributed by atoms with Crippen LogP contribution in [0, 0.1) is 11.7 Å². The summed E-state index contributed by atoms with van der Waals surface area (Å²) in [4.78, 5) is 17.6. The number of halogens is 1. The van der Waals surface area contributed by atoms with E-state index in [9.17, 15) is 19.4 Å². The molecule has 0 spiro atoms. The van der Waals surface area contributed by atoms with Gasteiger partial charge < -0.3 is 20.7 Å². The summed E-state index contributed by atoms with van der Waals surface area (Å²) in [6.45, 7) is 0.680. The zero-order valence-electron chi connectivity index (χ0n) is 10.9. The largest absolute Gasteiger partial charge is 0.393 e. The van der Waals surface area contributed by atoms with Crippen LogP contribution in [-0.4, -0.2) is 38.2 Å². The maximum atomic E-state index is 13.5. The van der Waals surface area contributed by atoms with Gasteiger partial charge in [0.25, 0.3) is 0 Å². The van der Waals surface area contributed by atoms with Crippen LogP contribution in [0.15, 0.2) is 16.1 Å². The van der Waals surface area contributed by atoms with Gasteiger partial charge in [-0.2, -0.15) is 4.98 Å². The van der Waals surface area contributed by atoms with Crippen molar-refractivity contribution in [3.63, 3.8) is 0 Å². The molecule has 4 atom stereocenters. The van der Waals surface area contributed by atoms with Crippen molar-refractivity contribution in [1.82, 2.24) is 9.55 Å². The van der Waals surface area contributed by atoms with Crippen molar-refractivity contribution in [3.05, 3.63) is 32.9 Å². The number of hydrogen-bond acceptors (Lipinski definition) is 7. The van der Waals surface area contributed by atoms with Gasteiger partial charge in [-0.3, -0.25) is 4.57 Å². The van der Waals surface area contributed by atoms with Crippen LogP contribution < -0.4 is 11.4 Å². The smallest absolute Gasteiger partial charge is 0.351 e. The predicted octanol–water partition coefficient (Wildman–Crippen LogP) is -0.511. The lowest BCUT2D eigenvalue weighted by Gasteiger charge is -2.24. The Bertz CT molecular complexity index is 659. The number of anilines is 1. The van der Waals surface area contributed by atoms with Gasteiger partial charge in [0.05, 0.1) is 18.9 Å². The third-order valence-electron chi connectivity index (χ3n) is 3.38. The van der Waals surface area contributed by atoms with E-state index in [-0.39, 0.29) is 0 Å². The Balaban J connectivity index is 2.50. The van der Waals surface area contributed by atoms with E-state index >= 15 is 0 Å². The highest BCUT2D eigenvalue weighted by Crippen LogP contribution is 2.41. The molecule has 10 nitrogen and oxygen atoms in total. The molecule has 21 heavy (non-hydrogen) atoms. The number of aromatic nitrogens is 2. The van der Waals surface area contributed by atoms with Gasteiger partial charge in [-0.25, -0.2) is 9.18 Å². The number of aliphatic hydroxyl groups excluding tert-OH is 2. The summed E-state index contributed by atoms with van der Waals surface area (Å²) >= 11 is 0. The SMILES string of the molecule is C[C@@H]1[C@H](n2cc(F)c(N)nc2=O)O[C@](CO)(N=[N+]=[N-])[C@H]1O. The standard InChI is InChI=1S/C10H13FN6O4/c1-4-6(19)10(3-18,15-16-13)21-8(4)17-2-5(11)7(12)14-9(17)20/h2,4,6,8,18-19H,3H2,1H3,(H2,12,14,20)/t4-,6-,8+,10-/m0/s1. The molecule has 1 fully saturated rings. The van der Waals surface area contributed by atoms with Gasteiger partial charge in [0.1, 0.15) is 6.23 Å². The van der Waals surface area contributed by atoms with Crippen LogP contribution in [0.25, 0.3) is 10.4 Å². The van der Waals surface area contributed by atoms with Gasteiger partial charge >= 0.3 is 5.69 Å². The molecule has 11 heteroatoms. The lowest BCUT2D eigenvalue weighted by Crippen LogP contribution is -2.42. The average Bonchev–Trinajstić information content (AvgIpc) is 2.69. The van der Waals surface area contributed by atoms with Crippen molar-refractivity contribution in [1.29, 1.82) is 0 Å². The summed E-state index contributed by atoms with van der Waals surface area (Å²) in [5.41, 5.74) is 10.9. The second-order valence-electron chi connectivity index (χ2n) is 4.67. The Labute approximate surface area is 117 Å². The van der Waals surface area contributed by atoms with Crippen molar-refractivity contribution in [2.24, 2.45) is 11.0 Å². The third-order valence-corrected chi connectivity index (χ3v) is 3.38. The molecule has 0 bridgehead atoms. The van der Waals surface area contributed by atoms with Gasteiger partial charge in [0, 0.05) is 10.8 Å². The fourth-order valence-electron chi connectivity index (χ4n) is 2.22. The van der Waals surface area contributed by atoms with Crippen LogP contribution in [0.4, 0.5) is 10.2 Å². The van der Waals surface area contributed by atoms with Crippen LogP contribution in [0.3, 0.4) is 0 Å². The highest BCUT2D eigenvalue weighted by Gasteiger charge is 2.53. The van der Waals surface area contributed by atoms with Crippen molar-refractivity contribution in [3.8, 4) is 0 Å². The molecule has 1 aliphatic rings. The molecule has 1 aliphatic heterocycles. The zero-order valence-corrected chi connectivity index (χ0v) is 10.9. The molecule has 2 rings (SSSR count). The molecule has 0 unspecified atom stereocenters. The number of hydrogen-bond donors (Lipinski definition) is 3. The van der Waals surface area contributed by atoms with Gasteiger partial charge in [-0.05, 0) is 5.53 Å². The van der Waals surface area contributed by atoms with E-state index in [0.717, 1.165) is 10.8 Å². The normalized spacial score (nSPS) is 31.9. The van der Waals surface area contributed by atoms with Gasteiger partial charge in [0.15, 0.2) is 17.4 Å². The van der Waals surface area contributed by atoms with E-state index in [2.05, 4.69) is 15.0 Å². The highest BCUT2D eigenvalue weighted by molar-refractivity contribution is 5.26. The van der Waals surface area contributed by atoms with Crippen LogP contribution >= 0.6 is 0 Å². The van der Waals surface area contributed by atoms with E-state index in [0.29, 0.717) is 0 Å². The van der Waals surface area contributed by atoms with Gasteiger partial charge in [-0.15, -0.1) is 0 Å². The summed E-state index contributed by atoms with van der Waals surface area (Å²) in [5.74, 6) is -2.28. The van der Waals surface area contributed by atoms with E-state index in [4.69, 9.17) is 16.0 Å². The van der Waals surface area contributed by atoms with Crippen LogP contribution in [0.1, 0.15) is 13.2 Å². The quantitative estimate of drug-likeness (QED) is 0.387. The Kier molecular flexibility index (Phi) is 3.83. The summed E-state index contributed by atoms with van der Waals surface area (Å²) in [6, 6.07) is 0. The fraction of sp³-hybridized carbons (Fsp3) is 0.600. The number of nitrogens with zero attached hydrogens (tertiary/aromatic N) is 5. The molecule has 114 valence electrons. The van der Waals surface area contributed by atoms with Crippen molar-refractivity contribution < 1.29 is 19.3 Å². The second-order valence-corrected chi connectivity index (χ2v) is 4.67. The number of nitrogen functional groups attached to an aromatic ring is 1. The van der Waals surface area contributed by atoms with Gasteiger partial charge in [-0.1, -0.05) is 12.0 Å². The minimum Gasteiger partial charge on any atom is -0.393 e. The van der Waals surface area contributed by atoms with Crippen LogP contribution in [0.5, 0.6) is 0 Å². The number of nitrogens with two attached hydrogens (primary N) is 1. The lowest BCUT2D eigenvalue weighted by molar-refractivity contribution is -0.124. The van der Waals surface area contributed by atoms with E-state index in [1.807, 2.05) is 0 Å². The first-order chi connectivity index (χ1) is 9.86. The Morgan fingerprint density at radius 1 is 1.76 bits per heavy atom. The maximum absolute atomic E-state index is 13.5. The number of aliphatic hydroxyl groups is 2. The average molecular weight is 300 g/mol. The summed E-state index contributed by atoms with van der Waals surface area (Å²) in [5, 5.41) is 22.7. The summed E-state index contributed by atoms with van der Waals surface area (Å²) in [7, 11) is 0. The molecule has 0 radical (unpaired) electrons. The second kappa shape index (κ2) is 5.30. The molecular formula is C10H13FN6O4. The predicted molar refractivity (Wildman–Crippen MR) is 67.1 cm³/mol. The topological polar surface area (TPSA) is 159 Å². The van der Waals surface area contributed by atoms with E-state index < -0.39 is 47.9 Å². The molecule has 2 heterocycles. The molecule has 1 aromatic rings. The van der Waals surface area contributed by atoms with E-state index in [1.165, 1.54) is 6.92 Å². The molecule has 0 saturated carbocycles. The minimum absolute atomic E-state index is 0.564. The van der Waals surface area contributed by atoms with Gasteiger partial charge in [0.2, 0.25) is 0 Å². The molecule has 0 aromatic carbocycles. The first kappa shape index (κ1) is 15.2. The molecule has 0 amide bonds. The minimum atomic E-state index is -1.95. The van der Waals surface area contributed by atoms with Crippen molar-refractivity contribution in [2.75, 3.05) is 12.3 Å². The molecular weight excluding hydrogens is 287 g/mol. The zero-order chi connectivity index (χ0) is 15.8. The Hall–Kier alpha value is -2.20. The summed E-state index contributed by atoms with van der Waals surface area (Å²) < 4.78 is 19.6. The van der Waals surface area contributed by atoms with Crippen LogP contribution in [-0.2, 0) is 4.74 Å². The van der Waals surface area contributed by atoms with Crippen molar-refractivity contribution in [2.45, 2.75) is 25.0 Å². The monoisotopic (exact) mass is 300 g/mol. The lowest BCUT2D eigenvalue weighted by atomic mass is 9.98. The fourth-order valence-corrected chi connectivity index (χ4v) is 2.22. The Morgan fingerprint density at radius 2 is 2.43 bits per heavy atom. The number of azide groups is 1. The first-order valence-corrected chi connectivity index (χ1v) is 5.93. The van der Waals surface area contributed by atoms with E-state index in [1.54, 1.807) is 0 Å². The maximum Gasteiger partial charge on any atom is 0.351 e. The number of ether oxygens (including phenoxy) is 1. The molecule has 0 aliphatic carbocycles. The Morgan fingerprint density at radius 3 is 3.00 bits per heavy atom. The van der Waals surface area contributed by atoms with Crippen LogP contribution in [0.2, 0.25) is 0 Å². The van der Waals surface area contributed by atoms with Crippen molar-refractivity contribution >= 4 is 5.82 Å². The first-order valence-electron chi connectivity index (χ1n) is 5.93. The summed E-state index contributed by atoms with van der Waals surface area (Å²) in [6.07, 6.45) is -1.79. The molecule has 1 saturated heterocycles. The molecule has 4 N–H and O–H groups in total. The molecule has 1 aromatic heterocycles. The highest BCUT2D eigenvalue weighted by atomic mass is 19.1.